The number of hydrogen-bond acceptors (Lipinski definition) is 1. The summed E-state index contributed by atoms with van der Waals surface area (Å²) in [5.41, 5.74) is 1.16. The van der Waals surface area contributed by atoms with Crippen molar-refractivity contribution >= 4 is 21.9 Å². The van der Waals surface area contributed by atoms with Gasteiger partial charge in [0.1, 0.15) is 0 Å². The maximum atomic E-state index is 10.9. The molecule has 2 nitrogen and oxygen atoms in total. The molecule has 3 heteroatoms. The zero-order valence-corrected chi connectivity index (χ0v) is 10.6. The molecule has 1 N–H and O–H groups in total. The molecule has 1 aromatic rings. The molecular formula is C13H15BrO2. The number of carbonyl (C=O) groups is 1. The third-order valence-corrected chi connectivity index (χ3v) is 3.94. The maximum Gasteiger partial charge on any atom is 0.303 e. The van der Waals surface area contributed by atoms with Crippen molar-refractivity contribution in [2.75, 3.05) is 0 Å². The van der Waals surface area contributed by atoms with E-state index in [2.05, 4.69) is 15.9 Å². The van der Waals surface area contributed by atoms with Crippen molar-refractivity contribution in [3.8, 4) is 0 Å². The van der Waals surface area contributed by atoms with Gasteiger partial charge >= 0.3 is 5.97 Å². The van der Waals surface area contributed by atoms with E-state index in [-0.39, 0.29) is 12.3 Å². The molecule has 0 aromatic heterocycles. The Labute approximate surface area is 104 Å². The quantitative estimate of drug-likeness (QED) is 0.912. The summed E-state index contributed by atoms with van der Waals surface area (Å²) in [6.07, 6.45) is 3.85. The van der Waals surface area contributed by atoms with Crippen molar-refractivity contribution in [3.63, 3.8) is 0 Å². The molecule has 1 aliphatic carbocycles. The highest BCUT2D eigenvalue weighted by Crippen LogP contribution is 2.41. The van der Waals surface area contributed by atoms with Gasteiger partial charge in [-0.15, -0.1) is 0 Å². The van der Waals surface area contributed by atoms with Crippen molar-refractivity contribution in [2.45, 2.75) is 31.6 Å². The van der Waals surface area contributed by atoms with E-state index in [1.54, 1.807) is 0 Å². The minimum Gasteiger partial charge on any atom is -0.481 e. The van der Waals surface area contributed by atoms with E-state index in [1.807, 2.05) is 24.3 Å². The minimum atomic E-state index is -0.695. The fourth-order valence-corrected chi connectivity index (χ4v) is 2.56. The second-order valence-electron chi connectivity index (χ2n) is 4.45. The molecule has 1 saturated carbocycles. The third-order valence-electron chi connectivity index (χ3n) is 3.41. The molecule has 1 aliphatic rings. The topological polar surface area (TPSA) is 37.3 Å². The van der Waals surface area contributed by atoms with E-state index < -0.39 is 5.97 Å². The lowest BCUT2D eigenvalue weighted by atomic mass is 9.72. The zero-order valence-electron chi connectivity index (χ0n) is 9.03. The SMILES string of the molecule is O=C(O)CC(c1ccc(Br)cc1)C1CCC1. The molecule has 0 heterocycles. The largest absolute Gasteiger partial charge is 0.481 e. The van der Waals surface area contributed by atoms with Gasteiger partial charge < -0.3 is 5.11 Å². The van der Waals surface area contributed by atoms with Crippen LogP contribution in [0.1, 0.15) is 37.2 Å². The molecule has 16 heavy (non-hydrogen) atoms. The summed E-state index contributed by atoms with van der Waals surface area (Å²) in [4.78, 5) is 10.9. The standard InChI is InChI=1S/C13H15BrO2/c14-11-6-4-10(5-7-11)12(8-13(15)16)9-2-1-3-9/h4-7,9,12H,1-3,8H2,(H,15,16). The maximum absolute atomic E-state index is 10.9. The van der Waals surface area contributed by atoms with Crippen LogP contribution < -0.4 is 0 Å². The fourth-order valence-electron chi connectivity index (χ4n) is 2.30. The van der Waals surface area contributed by atoms with Crippen molar-refractivity contribution in [1.82, 2.24) is 0 Å². The Morgan fingerprint density at radius 2 is 2.00 bits per heavy atom. The van der Waals surface area contributed by atoms with Gasteiger partial charge in [0.2, 0.25) is 0 Å². The van der Waals surface area contributed by atoms with Crippen LogP contribution in [0.15, 0.2) is 28.7 Å². The van der Waals surface area contributed by atoms with Gasteiger partial charge in [-0.3, -0.25) is 4.79 Å². The molecular weight excluding hydrogens is 268 g/mol. The van der Waals surface area contributed by atoms with Crippen LogP contribution in [0, 0.1) is 5.92 Å². The van der Waals surface area contributed by atoms with Crippen LogP contribution in [0.2, 0.25) is 0 Å². The van der Waals surface area contributed by atoms with Crippen LogP contribution >= 0.6 is 15.9 Å². The van der Waals surface area contributed by atoms with Crippen molar-refractivity contribution < 1.29 is 9.90 Å². The van der Waals surface area contributed by atoms with Crippen molar-refractivity contribution in [2.24, 2.45) is 5.92 Å². The Hall–Kier alpha value is -0.830. The summed E-state index contributed by atoms with van der Waals surface area (Å²) in [6, 6.07) is 8.05. The first kappa shape index (κ1) is 11.6. The summed E-state index contributed by atoms with van der Waals surface area (Å²) in [5, 5.41) is 8.96. The van der Waals surface area contributed by atoms with E-state index in [9.17, 15) is 4.79 Å². The second-order valence-corrected chi connectivity index (χ2v) is 5.36. The monoisotopic (exact) mass is 282 g/mol. The molecule has 0 radical (unpaired) electrons. The van der Waals surface area contributed by atoms with E-state index in [4.69, 9.17) is 5.11 Å². The summed E-state index contributed by atoms with van der Waals surface area (Å²) in [7, 11) is 0. The third kappa shape index (κ3) is 2.64. The van der Waals surface area contributed by atoms with Gasteiger partial charge in [0.25, 0.3) is 0 Å². The molecule has 0 saturated heterocycles. The zero-order chi connectivity index (χ0) is 11.5. The lowest BCUT2D eigenvalue weighted by Crippen LogP contribution is -2.22. The number of rotatable bonds is 4. The van der Waals surface area contributed by atoms with Crippen molar-refractivity contribution in [1.29, 1.82) is 0 Å². The smallest absolute Gasteiger partial charge is 0.303 e. The van der Waals surface area contributed by atoms with Crippen LogP contribution in [0.4, 0.5) is 0 Å². The van der Waals surface area contributed by atoms with E-state index in [0.717, 1.165) is 10.0 Å². The molecule has 86 valence electrons. The summed E-state index contributed by atoms with van der Waals surface area (Å²) >= 11 is 3.40. The first-order valence-corrected chi connectivity index (χ1v) is 6.43. The number of carboxylic acids is 1. The summed E-state index contributed by atoms with van der Waals surface area (Å²) < 4.78 is 1.04. The van der Waals surface area contributed by atoms with Gasteiger partial charge in [-0.05, 0) is 42.4 Å². The van der Waals surface area contributed by atoms with Crippen molar-refractivity contribution in [3.05, 3.63) is 34.3 Å². The first-order valence-electron chi connectivity index (χ1n) is 5.64. The number of halogens is 1. The van der Waals surface area contributed by atoms with Crippen LogP contribution in [-0.2, 0) is 4.79 Å². The number of hydrogen-bond donors (Lipinski definition) is 1. The molecule has 0 spiro atoms. The predicted molar refractivity (Wildman–Crippen MR) is 66.5 cm³/mol. The number of aliphatic carboxylic acids is 1. The summed E-state index contributed by atoms with van der Waals surface area (Å²) in [5.74, 6) is 0.0662. The van der Waals surface area contributed by atoms with E-state index in [0.29, 0.717) is 5.92 Å². The lowest BCUT2D eigenvalue weighted by Gasteiger charge is -2.33. The molecule has 1 fully saturated rings. The Morgan fingerprint density at radius 1 is 1.38 bits per heavy atom. The molecule has 1 aromatic carbocycles. The van der Waals surface area contributed by atoms with Gasteiger partial charge in [0, 0.05) is 4.47 Å². The average Bonchev–Trinajstić information content (AvgIpc) is 2.14. The number of benzene rings is 1. The Morgan fingerprint density at radius 3 is 2.44 bits per heavy atom. The average molecular weight is 283 g/mol. The predicted octanol–water partition coefficient (Wildman–Crippen LogP) is 3.81. The Bertz CT molecular complexity index is 368. The number of carboxylic acid groups (broad SMARTS) is 1. The highest BCUT2D eigenvalue weighted by molar-refractivity contribution is 9.10. The lowest BCUT2D eigenvalue weighted by molar-refractivity contribution is -0.138. The normalized spacial score (nSPS) is 17.8. The fraction of sp³-hybridized carbons (Fsp3) is 0.462. The van der Waals surface area contributed by atoms with Crippen LogP contribution in [-0.4, -0.2) is 11.1 Å². The van der Waals surface area contributed by atoms with Gasteiger partial charge in [-0.2, -0.15) is 0 Å². The van der Waals surface area contributed by atoms with Gasteiger partial charge in [0.15, 0.2) is 0 Å². The highest BCUT2D eigenvalue weighted by Gasteiger charge is 2.29. The molecule has 0 amide bonds. The molecule has 1 atom stereocenters. The van der Waals surface area contributed by atoms with Crippen LogP contribution in [0.25, 0.3) is 0 Å². The highest BCUT2D eigenvalue weighted by atomic mass is 79.9. The van der Waals surface area contributed by atoms with Crippen LogP contribution in [0.5, 0.6) is 0 Å². The van der Waals surface area contributed by atoms with E-state index in [1.165, 1.54) is 19.3 Å². The van der Waals surface area contributed by atoms with Crippen LogP contribution in [0.3, 0.4) is 0 Å². The summed E-state index contributed by atoms with van der Waals surface area (Å²) in [6.45, 7) is 0. The first-order chi connectivity index (χ1) is 7.66. The van der Waals surface area contributed by atoms with Gasteiger partial charge in [-0.25, -0.2) is 0 Å². The molecule has 0 aliphatic heterocycles. The molecule has 1 unspecified atom stereocenters. The Balaban J connectivity index is 2.16. The van der Waals surface area contributed by atoms with Gasteiger partial charge in [-0.1, -0.05) is 34.5 Å². The van der Waals surface area contributed by atoms with E-state index >= 15 is 0 Å². The Kier molecular flexibility index (Phi) is 3.64. The minimum absolute atomic E-state index is 0.194. The second kappa shape index (κ2) is 5.00. The molecule has 0 bridgehead atoms. The van der Waals surface area contributed by atoms with Gasteiger partial charge in [0.05, 0.1) is 6.42 Å². The molecule has 2 rings (SSSR count).